The molecule has 1 aromatic carbocycles. The molecule has 3 amide bonds. The summed E-state index contributed by atoms with van der Waals surface area (Å²) in [7, 11) is 1.60. The number of benzene rings is 1. The third-order valence-electron chi connectivity index (χ3n) is 6.06. The number of hydrogen-bond donors (Lipinski definition) is 2. The monoisotopic (exact) mass is 476 g/mol. The van der Waals surface area contributed by atoms with Crippen molar-refractivity contribution in [2.75, 3.05) is 32.1 Å². The van der Waals surface area contributed by atoms with Gasteiger partial charge in [0, 0.05) is 39.0 Å². The largest absolute Gasteiger partial charge is 0.394 e. The lowest BCUT2D eigenvalue weighted by molar-refractivity contribution is -0.136. The van der Waals surface area contributed by atoms with Crippen LogP contribution in [0.4, 0.5) is 14.9 Å². The Morgan fingerprint density at radius 2 is 2.18 bits per heavy atom. The number of para-hydroxylation sites is 1. The molecule has 10 nitrogen and oxygen atoms in total. The number of anilines is 1. The summed E-state index contributed by atoms with van der Waals surface area (Å²) in [5.74, 6) is -0.738. The van der Waals surface area contributed by atoms with Gasteiger partial charge < -0.3 is 25.0 Å². The molecule has 2 N–H and O–H groups in total. The average Bonchev–Trinajstić information content (AvgIpc) is 3.27. The van der Waals surface area contributed by atoms with Crippen LogP contribution >= 0.6 is 0 Å². The molecule has 3 atom stereocenters. The van der Waals surface area contributed by atoms with Gasteiger partial charge in [-0.3, -0.25) is 4.79 Å². The van der Waals surface area contributed by atoms with Crippen LogP contribution in [0.15, 0.2) is 30.5 Å². The fourth-order valence-corrected chi connectivity index (χ4v) is 3.87. The smallest absolute Gasteiger partial charge is 0.321 e. The molecule has 3 rings (SSSR count). The number of likely N-dealkylation sites (N-methyl/N-ethyl adjacent to an activating group) is 1. The first-order valence-corrected chi connectivity index (χ1v) is 11.5. The Bertz CT molecular complexity index is 970. The molecule has 0 fully saturated rings. The summed E-state index contributed by atoms with van der Waals surface area (Å²) in [6.45, 7) is 4.94. The summed E-state index contributed by atoms with van der Waals surface area (Å²) < 4.78 is 21.9. The highest BCUT2D eigenvalue weighted by Gasteiger charge is 2.29. The van der Waals surface area contributed by atoms with Crippen LogP contribution in [0.2, 0.25) is 0 Å². The number of rotatable bonds is 5. The second-order valence-electron chi connectivity index (χ2n) is 8.75. The van der Waals surface area contributed by atoms with Crippen LogP contribution in [0.25, 0.3) is 0 Å². The van der Waals surface area contributed by atoms with E-state index in [9.17, 15) is 19.1 Å². The van der Waals surface area contributed by atoms with Crippen LogP contribution in [0.5, 0.6) is 0 Å². The van der Waals surface area contributed by atoms with Crippen molar-refractivity contribution in [2.24, 2.45) is 5.92 Å². The highest BCUT2D eigenvalue weighted by molar-refractivity contribution is 5.89. The van der Waals surface area contributed by atoms with Crippen LogP contribution in [-0.4, -0.2) is 80.7 Å². The van der Waals surface area contributed by atoms with Crippen LogP contribution in [-0.2, 0) is 22.7 Å². The van der Waals surface area contributed by atoms with Gasteiger partial charge in [-0.1, -0.05) is 24.3 Å². The highest BCUT2D eigenvalue weighted by Crippen LogP contribution is 2.19. The van der Waals surface area contributed by atoms with Crippen molar-refractivity contribution < 1.29 is 23.8 Å². The normalized spacial score (nSPS) is 20.6. The predicted octanol–water partition coefficient (Wildman–Crippen LogP) is 2.11. The number of carbonyl (C=O) groups is 2. The standard InChI is InChI=1S/C23H33FN6O4/c1-16-12-29(17(2)14-31)22(32)9-6-10-30-18(11-25-27-30)15-34-21(16)13-28(3)23(33)26-20-8-5-4-7-19(20)24/h4-5,7-8,11,16-17,21,31H,6,9-10,12-15H2,1-3H3,(H,26,33)/t16-,17+,21+/m1/s1. The Morgan fingerprint density at radius 3 is 2.91 bits per heavy atom. The first-order chi connectivity index (χ1) is 16.3. The van der Waals surface area contributed by atoms with Gasteiger partial charge in [0.05, 0.1) is 42.9 Å². The predicted molar refractivity (Wildman–Crippen MR) is 123 cm³/mol. The zero-order chi connectivity index (χ0) is 24.7. The number of amides is 3. The van der Waals surface area contributed by atoms with Crippen molar-refractivity contribution >= 4 is 17.6 Å². The van der Waals surface area contributed by atoms with E-state index in [2.05, 4.69) is 15.6 Å². The number of halogens is 1. The molecule has 0 spiro atoms. The molecule has 0 unspecified atom stereocenters. The van der Waals surface area contributed by atoms with E-state index in [1.807, 2.05) is 6.92 Å². The summed E-state index contributed by atoms with van der Waals surface area (Å²) >= 11 is 0. The lowest BCUT2D eigenvalue weighted by Crippen LogP contribution is -2.48. The van der Waals surface area contributed by atoms with Crippen molar-refractivity contribution in [1.82, 2.24) is 24.8 Å². The number of nitrogens with one attached hydrogen (secondary N) is 1. The van der Waals surface area contributed by atoms with E-state index >= 15 is 0 Å². The van der Waals surface area contributed by atoms with Gasteiger partial charge in [-0.05, 0) is 25.5 Å². The molecule has 1 aliphatic heterocycles. The van der Waals surface area contributed by atoms with Gasteiger partial charge >= 0.3 is 6.03 Å². The van der Waals surface area contributed by atoms with Gasteiger partial charge in [-0.2, -0.15) is 0 Å². The number of aliphatic hydroxyl groups is 1. The highest BCUT2D eigenvalue weighted by atomic mass is 19.1. The quantitative estimate of drug-likeness (QED) is 0.684. The van der Waals surface area contributed by atoms with Crippen molar-refractivity contribution in [3.05, 3.63) is 42.0 Å². The van der Waals surface area contributed by atoms with Gasteiger partial charge in [0.2, 0.25) is 5.91 Å². The Morgan fingerprint density at radius 1 is 1.41 bits per heavy atom. The average molecular weight is 477 g/mol. The molecule has 0 bridgehead atoms. The molecule has 186 valence electrons. The van der Waals surface area contributed by atoms with Crippen LogP contribution < -0.4 is 5.32 Å². The number of hydrogen-bond acceptors (Lipinski definition) is 6. The molecule has 0 aliphatic carbocycles. The number of fused-ring (bicyclic) bond motifs is 1. The lowest BCUT2D eigenvalue weighted by atomic mass is 10.0. The number of urea groups is 1. The van der Waals surface area contributed by atoms with Crippen molar-refractivity contribution in [2.45, 2.75) is 52.0 Å². The van der Waals surface area contributed by atoms with Crippen molar-refractivity contribution in [3.63, 3.8) is 0 Å². The summed E-state index contributed by atoms with van der Waals surface area (Å²) in [6.07, 6.45) is 2.11. The van der Waals surface area contributed by atoms with Gasteiger partial charge in [0.1, 0.15) is 5.82 Å². The molecular formula is C23H33FN6O4. The number of ether oxygens (including phenoxy) is 1. The van der Waals surface area contributed by atoms with Crippen LogP contribution in [0.3, 0.4) is 0 Å². The van der Waals surface area contributed by atoms with Crippen LogP contribution in [0, 0.1) is 11.7 Å². The fourth-order valence-electron chi connectivity index (χ4n) is 3.87. The Kier molecular flexibility index (Phi) is 8.94. The van der Waals surface area contributed by atoms with Gasteiger partial charge in [-0.25, -0.2) is 13.9 Å². The van der Waals surface area contributed by atoms with E-state index in [1.165, 1.54) is 17.0 Å². The number of carbonyl (C=O) groups excluding carboxylic acids is 2. The van der Waals surface area contributed by atoms with E-state index in [1.54, 1.807) is 41.9 Å². The first-order valence-electron chi connectivity index (χ1n) is 11.5. The number of aromatic nitrogens is 3. The molecule has 0 radical (unpaired) electrons. The Hall–Kier alpha value is -3.05. The topological polar surface area (TPSA) is 113 Å². The summed E-state index contributed by atoms with van der Waals surface area (Å²) in [4.78, 5) is 28.7. The third-order valence-corrected chi connectivity index (χ3v) is 6.06. The van der Waals surface area contributed by atoms with E-state index in [0.29, 0.717) is 25.9 Å². The molecule has 1 aliphatic rings. The maximum absolute atomic E-state index is 14.0. The molecule has 1 aromatic heterocycles. The van der Waals surface area contributed by atoms with Crippen molar-refractivity contribution in [3.8, 4) is 0 Å². The zero-order valence-electron chi connectivity index (χ0n) is 19.9. The summed E-state index contributed by atoms with van der Waals surface area (Å²) in [5.41, 5.74) is 0.875. The van der Waals surface area contributed by atoms with Crippen molar-refractivity contribution in [1.29, 1.82) is 0 Å². The van der Waals surface area contributed by atoms with E-state index in [0.717, 1.165) is 5.69 Å². The number of nitrogens with zero attached hydrogens (tertiary/aromatic N) is 5. The molecule has 2 heterocycles. The minimum absolute atomic E-state index is 0.0555. The second kappa shape index (κ2) is 11.9. The zero-order valence-corrected chi connectivity index (χ0v) is 19.9. The minimum Gasteiger partial charge on any atom is -0.394 e. The number of aryl methyl sites for hydroxylation is 1. The Balaban J connectivity index is 1.77. The summed E-state index contributed by atoms with van der Waals surface area (Å²) in [6, 6.07) is 5.14. The van der Waals surface area contributed by atoms with Crippen LogP contribution in [0.1, 0.15) is 32.4 Å². The molecule has 34 heavy (non-hydrogen) atoms. The molecule has 11 heteroatoms. The molecule has 0 saturated carbocycles. The number of aliphatic hydroxyl groups excluding tert-OH is 1. The Labute approximate surface area is 198 Å². The molecular weight excluding hydrogens is 443 g/mol. The fraction of sp³-hybridized carbons (Fsp3) is 0.565. The van der Waals surface area contributed by atoms with Gasteiger partial charge in [0.25, 0.3) is 0 Å². The van der Waals surface area contributed by atoms with Gasteiger partial charge in [-0.15, -0.1) is 5.10 Å². The van der Waals surface area contributed by atoms with E-state index in [4.69, 9.17) is 4.74 Å². The first kappa shape index (κ1) is 25.6. The SMILES string of the molecule is C[C@@H]1CN([C@@H](C)CO)C(=O)CCCn2nncc2CO[C@H]1CN(C)C(=O)Nc1ccccc1F. The molecule has 2 aromatic rings. The second-order valence-corrected chi connectivity index (χ2v) is 8.75. The maximum Gasteiger partial charge on any atom is 0.321 e. The molecule has 0 saturated heterocycles. The van der Waals surface area contributed by atoms with E-state index in [-0.39, 0.29) is 43.3 Å². The minimum atomic E-state index is -0.521. The third kappa shape index (κ3) is 6.51. The van der Waals surface area contributed by atoms with E-state index < -0.39 is 18.0 Å². The maximum atomic E-state index is 14.0. The lowest BCUT2D eigenvalue weighted by Gasteiger charge is -2.35. The summed E-state index contributed by atoms with van der Waals surface area (Å²) in [5, 5.41) is 20.3. The van der Waals surface area contributed by atoms with Gasteiger partial charge in [0.15, 0.2) is 0 Å².